The lowest BCUT2D eigenvalue weighted by molar-refractivity contribution is 1.18. The van der Waals surface area contributed by atoms with Crippen LogP contribution in [-0.2, 0) is 11.6 Å². The molecule has 0 aliphatic rings. The van der Waals surface area contributed by atoms with Crippen molar-refractivity contribution in [2.45, 2.75) is 16.5 Å². The molecular formula is C15H13ClN2S. The predicted molar refractivity (Wildman–Crippen MR) is 80.8 cm³/mol. The summed E-state index contributed by atoms with van der Waals surface area (Å²) in [6.07, 6.45) is 4.10. The summed E-state index contributed by atoms with van der Waals surface area (Å²) in [6, 6.07) is 14.4. The van der Waals surface area contributed by atoms with Crippen LogP contribution in [0.3, 0.4) is 0 Å². The molecule has 2 nitrogen and oxygen atoms in total. The second-order valence-electron chi connectivity index (χ2n) is 4.26. The van der Waals surface area contributed by atoms with E-state index in [9.17, 15) is 0 Å². The average molecular weight is 289 g/mol. The number of alkyl halides is 1. The highest BCUT2D eigenvalue weighted by molar-refractivity contribution is 7.98. The molecule has 0 saturated carbocycles. The number of thioether (sulfide) groups is 1. The van der Waals surface area contributed by atoms with Crippen LogP contribution in [-0.4, -0.2) is 9.38 Å². The van der Waals surface area contributed by atoms with Crippen LogP contribution in [0.15, 0.2) is 59.8 Å². The number of aromatic nitrogens is 2. The molecule has 0 bridgehead atoms. The monoisotopic (exact) mass is 288 g/mol. The number of nitrogens with zero attached hydrogens (tertiary/aromatic N) is 2. The maximum Gasteiger partial charge on any atom is 0.137 e. The summed E-state index contributed by atoms with van der Waals surface area (Å²) >= 11 is 7.57. The molecule has 0 N–H and O–H groups in total. The molecule has 0 aliphatic heterocycles. The van der Waals surface area contributed by atoms with Crippen molar-refractivity contribution in [1.29, 1.82) is 0 Å². The smallest absolute Gasteiger partial charge is 0.137 e. The van der Waals surface area contributed by atoms with Crippen molar-refractivity contribution in [2.75, 3.05) is 0 Å². The van der Waals surface area contributed by atoms with Crippen molar-refractivity contribution in [1.82, 2.24) is 9.38 Å². The first-order valence-corrected chi connectivity index (χ1v) is 7.57. The summed E-state index contributed by atoms with van der Waals surface area (Å²) in [4.78, 5) is 5.82. The highest BCUT2D eigenvalue weighted by Crippen LogP contribution is 2.23. The van der Waals surface area contributed by atoms with Gasteiger partial charge in [-0.2, -0.15) is 0 Å². The van der Waals surface area contributed by atoms with Gasteiger partial charge in [0.15, 0.2) is 0 Å². The topological polar surface area (TPSA) is 17.3 Å². The summed E-state index contributed by atoms with van der Waals surface area (Å²) in [5, 5.41) is 0. The van der Waals surface area contributed by atoms with Gasteiger partial charge in [0.05, 0.1) is 5.69 Å². The van der Waals surface area contributed by atoms with Crippen LogP contribution in [0.5, 0.6) is 0 Å². The van der Waals surface area contributed by atoms with Gasteiger partial charge in [0.25, 0.3) is 0 Å². The standard InChI is InChI=1S/C15H13ClN2S/c16-9-12-4-6-14(7-5-12)19-11-13-10-18-8-2-1-3-15(18)17-13/h1-8,10H,9,11H2. The normalized spacial score (nSPS) is 11.0. The third-order valence-electron chi connectivity index (χ3n) is 2.88. The maximum atomic E-state index is 5.78. The van der Waals surface area contributed by atoms with Crippen molar-refractivity contribution >= 4 is 29.0 Å². The van der Waals surface area contributed by atoms with Crippen molar-refractivity contribution in [3.05, 3.63) is 66.1 Å². The number of halogens is 1. The molecule has 0 atom stereocenters. The van der Waals surface area contributed by atoms with Crippen molar-refractivity contribution in [2.24, 2.45) is 0 Å². The lowest BCUT2D eigenvalue weighted by Gasteiger charge is -2.00. The van der Waals surface area contributed by atoms with E-state index < -0.39 is 0 Å². The zero-order valence-corrected chi connectivity index (χ0v) is 11.9. The summed E-state index contributed by atoms with van der Waals surface area (Å²) in [7, 11) is 0. The second-order valence-corrected chi connectivity index (χ2v) is 5.58. The molecule has 3 aromatic rings. The lowest BCUT2D eigenvalue weighted by atomic mass is 10.2. The molecule has 4 heteroatoms. The second kappa shape index (κ2) is 5.68. The van der Waals surface area contributed by atoms with Gasteiger partial charge in [0.1, 0.15) is 5.65 Å². The molecule has 2 heterocycles. The molecule has 0 fully saturated rings. The van der Waals surface area contributed by atoms with E-state index in [0.717, 1.165) is 22.7 Å². The van der Waals surface area contributed by atoms with E-state index in [0.29, 0.717) is 5.88 Å². The zero-order chi connectivity index (χ0) is 13.1. The molecule has 0 aliphatic carbocycles. The Hall–Kier alpha value is -1.45. The molecule has 0 saturated heterocycles. The molecule has 0 amide bonds. The summed E-state index contributed by atoms with van der Waals surface area (Å²) < 4.78 is 2.05. The van der Waals surface area contributed by atoms with Crippen LogP contribution in [0.25, 0.3) is 5.65 Å². The number of benzene rings is 1. The van der Waals surface area contributed by atoms with Crippen LogP contribution < -0.4 is 0 Å². The van der Waals surface area contributed by atoms with E-state index in [1.165, 1.54) is 4.90 Å². The van der Waals surface area contributed by atoms with Gasteiger partial charge in [-0.25, -0.2) is 4.98 Å². The number of fused-ring (bicyclic) bond motifs is 1. The molecular weight excluding hydrogens is 276 g/mol. The molecule has 19 heavy (non-hydrogen) atoms. The lowest BCUT2D eigenvalue weighted by Crippen LogP contribution is -1.81. The van der Waals surface area contributed by atoms with Crippen molar-refractivity contribution in [3.8, 4) is 0 Å². The predicted octanol–water partition coefficient (Wildman–Crippen LogP) is 4.37. The fourth-order valence-electron chi connectivity index (χ4n) is 1.89. The van der Waals surface area contributed by atoms with Gasteiger partial charge in [-0.1, -0.05) is 18.2 Å². The summed E-state index contributed by atoms with van der Waals surface area (Å²) in [5.74, 6) is 1.44. The Morgan fingerprint density at radius 2 is 1.95 bits per heavy atom. The third-order valence-corrected chi connectivity index (χ3v) is 4.23. The SMILES string of the molecule is ClCc1ccc(SCc2cn3ccccc3n2)cc1. The average Bonchev–Trinajstić information content (AvgIpc) is 2.88. The minimum absolute atomic E-state index is 0.567. The third kappa shape index (κ3) is 2.94. The summed E-state index contributed by atoms with van der Waals surface area (Å²) in [6.45, 7) is 0. The van der Waals surface area contributed by atoms with Gasteiger partial charge in [0, 0.05) is 28.9 Å². The van der Waals surface area contributed by atoms with Gasteiger partial charge < -0.3 is 4.40 Å². The minimum atomic E-state index is 0.567. The Kier molecular flexibility index (Phi) is 3.76. The van der Waals surface area contributed by atoms with Gasteiger partial charge in [0.2, 0.25) is 0 Å². The highest BCUT2D eigenvalue weighted by Gasteiger charge is 2.02. The first-order chi connectivity index (χ1) is 9.35. The molecule has 96 valence electrons. The maximum absolute atomic E-state index is 5.78. The Morgan fingerprint density at radius 1 is 1.11 bits per heavy atom. The number of hydrogen-bond donors (Lipinski definition) is 0. The van der Waals surface area contributed by atoms with Crippen LogP contribution in [0, 0.1) is 0 Å². The van der Waals surface area contributed by atoms with Gasteiger partial charge in [-0.15, -0.1) is 23.4 Å². The van der Waals surface area contributed by atoms with E-state index in [1.807, 2.05) is 28.8 Å². The van der Waals surface area contributed by atoms with Gasteiger partial charge in [-0.3, -0.25) is 0 Å². The minimum Gasteiger partial charge on any atom is -0.307 e. The van der Waals surface area contributed by atoms with Crippen molar-refractivity contribution < 1.29 is 0 Å². The molecule has 2 aromatic heterocycles. The molecule has 0 radical (unpaired) electrons. The number of imidazole rings is 1. The van der Waals surface area contributed by atoms with E-state index in [4.69, 9.17) is 11.6 Å². The fourth-order valence-corrected chi connectivity index (χ4v) is 2.85. The molecule has 1 aromatic carbocycles. The van der Waals surface area contributed by atoms with Crippen LogP contribution in [0.2, 0.25) is 0 Å². The van der Waals surface area contributed by atoms with E-state index in [1.54, 1.807) is 11.8 Å². The molecule has 0 spiro atoms. The Morgan fingerprint density at radius 3 is 2.68 bits per heavy atom. The fraction of sp³-hybridized carbons (Fsp3) is 0.133. The quantitative estimate of drug-likeness (QED) is 0.524. The van der Waals surface area contributed by atoms with Crippen LogP contribution in [0.1, 0.15) is 11.3 Å². The largest absolute Gasteiger partial charge is 0.307 e. The van der Waals surface area contributed by atoms with Gasteiger partial charge in [-0.05, 0) is 29.8 Å². The Balaban J connectivity index is 1.70. The van der Waals surface area contributed by atoms with E-state index >= 15 is 0 Å². The number of pyridine rings is 1. The highest BCUT2D eigenvalue weighted by atomic mass is 35.5. The number of hydrogen-bond acceptors (Lipinski definition) is 2. The van der Waals surface area contributed by atoms with E-state index in [-0.39, 0.29) is 0 Å². The Labute approximate surface area is 121 Å². The van der Waals surface area contributed by atoms with Gasteiger partial charge >= 0.3 is 0 Å². The molecule has 0 unspecified atom stereocenters. The molecule has 3 rings (SSSR count). The Bertz CT molecular complexity index is 643. The number of rotatable bonds is 4. The summed E-state index contributed by atoms with van der Waals surface area (Å²) in [5.41, 5.74) is 3.24. The van der Waals surface area contributed by atoms with Crippen LogP contribution in [0.4, 0.5) is 0 Å². The first-order valence-electron chi connectivity index (χ1n) is 6.05. The van der Waals surface area contributed by atoms with E-state index in [2.05, 4.69) is 35.4 Å². The first kappa shape index (κ1) is 12.6. The zero-order valence-electron chi connectivity index (χ0n) is 10.3. The van der Waals surface area contributed by atoms with Crippen molar-refractivity contribution in [3.63, 3.8) is 0 Å². The van der Waals surface area contributed by atoms with Crippen LogP contribution >= 0.6 is 23.4 Å².